The summed E-state index contributed by atoms with van der Waals surface area (Å²) < 4.78 is 13.4. The molecule has 0 spiro atoms. The van der Waals surface area contributed by atoms with E-state index < -0.39 is 5.97 Å². The van der Waals surface area contributed by atoms with Crippen LogP contribution in [0.15, 0.2) is 48.5 Å². The summed E-state index contributed by atoms with van der Waals surface area (Å²) in [7, 11) is 0. The molecule has 0 aliphatic rings. The zero-order valence-corrected chi connectivity index (χ0v) is 11.0. The summed E-state index contributed by atoms with van der Waals surface area (Å²) in [4.78, 5) is 10.7. The molecule has 2 rings (SSSR count). The summed E-state index contributed by atoms with van der Waals surface area (Å²) in [5, 5.41) is 12.0. The lowest BCUT2D eigenvalue weighted by Crippen LogP contribution is -2.17. The standard InChI is InChI=1S/C16H16FNO2/c17-15-4-2-1-3-13(15)9-10-18-11-12-5-7-14(8-6-12)16(19)20/h1-8,18H,9-11H2,(H,19,20). The van der Waals surface area contributed by atoms with Crippen LogP contribution in [0.4, 0.5) is 4.39 Å². The Kier molecular flexibility index (Phi) is 4.85. The first-order valence-electron chi connectivity index (χ1n) is 6.43. The Hall–Kier alpha value is -2.20. The van der Waals surface area contributed by atoms with Crippen molar-refractivity contribution in [2.45, 2.75) is 13.0 Å². The molecule has 0 saturated heterocycles. The van der Waals surface area contributed by atoms with Crippen LogP contribution in [0, 0.1) is 5.82 Å². The summed E-state index contributed by atoms with van der Waals surface area (Å²) in [6, 6.07) is 13.4. The van der Waals surface area contributed by atoms with Crippen LogP contribution in [-0.4, -0.2) is 17.6 Å². The second kappa shape index (κ2) is 6.82. The molecular weight excluding hydrogens is 257 g/mol. The summed E-state index contributed by atoms with van der Waals surface area (Å²) in [5.41, 5.74) is 1.98. The molecule has 0 bridgehead atoms. The van der Waals surface area contributed by atoms with Crippen LogP contribution in [0.1, 0.15) is 21.5 Å². The van der Waals surface area contributed by atoms with Crippen molar-refractivity contribution in [1.82, 2.24) is 5.32 Å². The minimum Gasteiger partial charge on any atom is -0.478 e. The van der Waals surface area contributed by atoms with Crippen molar-refractivity contribution in [3.05, 3.63) is 71.0 Å². The lowest BCUT2D eigenvalue weighted by Gasteiger charge is -2.06. The van der Waals surface area contributed by atoms with Gasteiger partial charge in [-0.15, -0.1) is 0 Å². The smallest absolute Gasteiger partial charge is 0.335 e. The molecule has 2 aromatic rings. The van der Waals surface area contributed by atoms with Crippen molar-refractivity contribution >= 4 is 5.97 Å². The Balaban J connectivity index is 1.79. The third-order valence-corrected chi connectivity index (χ3v) is 3.06. The molecule has 0 fully saturated rings. The highest BCUT2D eigenvalue weighted by atomic mass is 19.1. The highest BCUT2D eigenvalue weighted by molar-refractivity contribution is 5.87. The van der Waals surface area contributed by atoms with Crippen LogP contribution in [0.3, 0.4) is 0 Å². The van der Waals surface area contributed by atoms with Crippen LogP contribution < -0.4 is 5.32 Å². The molecule has 0 heterocycles. The van der Waals surface area contributed by atoms with Gasteiger partial charge in [0.2, 0.25) is 0 Å². The summed E-state index contributed by atoms with van der Waals surface area (Å²) in [6.45, 7) is 1.30. The number of aromatic carboxylic acids is 1. The first-order chi connectivity index (χ1) is 9.66. The fourth-order valence-electron chi connectivity index (χ4n) is 1.92. The zero-order chi connectivity index (χ0) is 14.4. The van der Waals surface area contributed by atoms with E-state index in [0.717, 1.165) is 5.56 Å². The van der Waals surface area contributed by atoms with Gasteiger partial charge in [0.1, 0.15) is 5.82 Å². The van der Waals surface area contributed by atoms with E-state index in [0.29, 0.717) is 25.1 Å². The largest absolute Gasteiger partial charge is 0.478 e. The van der Waals surface area contributed by atoms with Gasteiger partial charge in [0.15, 0.2) is 0 Å². The lowest BCUT2D eigenvalue weighted by molar-refractivity contribution is 0.0697. The van der Waals surface area contributed by atoms with Crippen LogP contribution in [0.2, 0.25) is 0 Å². The molecule has 4 heteroatoms. The lowest BCUT2D eigenvalue weighted by atomic mass is 10.1. The molecule has 2 N–H and O–H groups in total. The second-order valence-electron chi connectivity index (χ2n) is 4.52. The minimum absolute atomic E-state index is 0.180. The average molecular weight is 273 g/mol. The van der Waals surface area contributed by atoms with Gasteiger partial charge >= 0.3 is 5.97 Å². The van der Waals surface area contributed by atoms with E-state index in [1.165, 1.54) is 6.07 Å². The van der Waals surface area contributed by atoms with Gasteiger partial charge in [-0.3, -0.25) is 0 Å². The van der Waals surface area contributed by atoms with Gasteiger partial charge in [-0.05, 0) is 42.3 Å². The molecule has 0 unspecified atom stereocenters. The molecule has 2 aromatic carbocycles. The molecule has 3 nitrogen and oxygen atoms in total. The van der Waals surface area contributed by atoms with Crippen molar-refractivity contribution in [3.63, 3.8) is 0 Å². The predicted octanol–water partition coefficient (Wildman–Crippen LogP) is 2.86. The number of benzene rings is 2. The average Bonchev–Trinajstić information content (AvgIpc) is 2.46. The van der Waals surface area contributed by atoms with Crippen molar-refractivity contribution in [2.75, 3.05) is 6.54 Å². The van der Waals surface area contributed by atoms with Gasteiger partial charge in [0.25, 0.3) is 0 Å². The Bertz CT molecular complexity index is 581. The monoisotopic (exact) mass is 273 g/mol. The van der Waals surface area contributed by atoms with E-state index in [1.807, 2.05) is 6.07 Å². The van der Waals surface area contributed by atoms with Gasteiger partial charge in [-0.1, -0.05) is 30.3 Å². The van der Waals surface area contributed by atoms with Crippen molar-refractivity contribution in [3.8, 4) is 0 Å². The van der Waals surface area contributed by atoms with E-state index in [2.05, 4.69) is 5.32 Å². The van der Waals surface area contributed by atoms with Crippen LogP contribution in [0.5, 0.6) is 0 Å². The third kappa shape index (κ3) is 3.90. The zero-order valence-electron chi connectivity index (χ0n) is 11.0. The molecule has 0 amide bonds. The third-order valence-electron chi connectivity index (χ3n) is 3.06. The number of halogens is 1. The highest BCUT2D eigenvalue weighted by Gasteiger charge is 2.02. The molecule has 20 heavy (non-hydrogen) atoms. The molecule has 104 valence electrons. The Morgan fingerprint density at radius 1 is 1.10 bits per heavy atom. The Morgan fingerprint density at radius 3 is 2.45 bits per heavy atom. The fraction of sp³-hybridized carbons (Fsp3) is 0.188. The summed E-state index contributed by atoms with van der Waals surface area (Å²) >= 11 is 0. The summed E-state index contributed by atoms with van der Waals surface area (Å²) in [6.07, 6.45) is 0.625. The second-order valence-corrected chi connectivity index (χ2v) is 4.52. The fourth-order valence-corrected chi connectivity index (χ4v) is 1.92. The first kappa shape index (κ1) is 14.2. The van der Waals surface area contributed by atoms with E-state index in [9.17, 15) is 9.18 Å². The van der Waals surface area contributed by atoms with Gasteiger partial charge in [-0.2, -0.15) is 0 Å². The number of carbonyl (C=O) groups is 1. The number of carboxylic acid groups (broad SMARTS) is 1. The summed E-state index contributed by atoms with van der Waals surface area (Å²) in [5.74, 6) is -1.11. The Labute approximate surface area is 117 Å². The van der Waals surface area contributed by atoms with E-state index >= 15 is 0 Å². The number of nitrogens with one attached hydrogen (secondary N) is 1. The highest BCUT2D eigenvalue weighted by Crippen LogP contribution is 2.07. The van der Waals surface area contributed by atoms with Gasteiger partial charge in [0.05, 0.1) is 5.56 Å². The maximum absolute atomic E-state index is 13.4. The first-order valence-corrected chi connectivity index (χ1v) is 6.43. The molecule has 0 radical (unpaired) electrons. The molecule has 0 saturated carbocycles. The molecular formula is C16H16FNO2. The number of rotatable bonds is 6. The predicted molar refractivity (Wildman–Crippen MR) is 75.2 cm³/mol. The van der Waals surface area contributed by atoms with Gasteiger partial charge < -0.3 is 10.4 Å². The topological polar surface area (TPSA) is 49.3 Å². The van der Waals surface area contributed by atoms with Crippen molar-refractivity contribution in [2.24, 2.45) is 0 Å². The molecule has 0 aliphatic heterocycles. The van der Waals surface area contributed by atoms with E-state index in [1.54, 1.807) is 36.4 Å². The van der Waals surface area contributed by atoms with Crippen LogP contribution >= 0.6 is 0 Å². The minimum atomic E-state index is -0.927. The van der Waals surface area contributed by atoms with Gasteiger partial charge in [0, 0.05) is 6.54 Å². The van der Waals surface area contributed by atoms with E-state index in [4.69, 9.17) is 5.11 Å². The quantitative estimate of drug-likeness (QED) is 0.796. The van der Waals surface area contributed by atoms with Crippen LogP contribution in [-0.2, 0) is 13.0 Å². The van der Waals surface area contributed by atoms with Crippen molar-refractivity contribution in [1.29, 1.82) is 0 Å². The van der Waals surface area contributed by atoms with Crippen molar-refractivity contribution < 1.29 is 14.3 Å². The van der Waals surface area contributed by atoms with Gasteiger partial charge in [-0.25, -0.2) is 9.18 Å². The van der Waals surface area contributed by atoms with Crippen LogP contribution in [0.25, 0.3) is 0 Å². The maximum Gasteiger partial charge on any atom is 0.335 e. The Morgan fingerprint density at radius 2 is 1.80 bits per heavy atom. The molecule has 0 aliphatic carbocycles. The normalized spacial score (nSPS) is 10.4. The molecule has 0 aromatic heterocycles. The molecule has 0 atom stereocenters. The number of hydrogen-bond acceptors (Lipinski definition) is 2. The van der Waals surface area contributed by atoms with E-state index in [-0.39, 0.29) is 11.4 Å². The SMILES string of the molecule is O=C(O)c1ccc(CNCCc2ccccc2F)cc1. The number of hydrogen-bond donors (Lipinski definition) is 2. The number of carboxylic acids is 1. The maximum atomic E-state index is 13.4.